The quantitative estimate of drug-likeness (QED) is 0.630. The molecule has 0 radical (unpaired) electrons. The highest BCUT2D eigenvalue weighted by molar-refractivity contribution is 7.99. The van der Waals surface area contributed by atoms with Crippen LogP contribution in [-0.2, 0) is 0 Å². The average Bonchev–Trinajstić information content (AvgIpc) is 2.92. The summed E-state index contributed by atoms with van der Waals surface area (Å²) < 4.78 is 1.59. The van der Waals surface area contributed by atoms with Gasteiger partial charge in [0.1, 0.15) is 0 Å². The predicted octanol–water partition coefficient (Wildman–Crippen LogP) is 1.16. The summed E-state index contributed by atoms with van der Waals surface area (Å²) in [5.41, 5.74) is 6.38. The number of aromatic nitrogens is 4. The van der Waals surface area contributed by atoms with E-state index in [1.54, 1.807) is 28.9 Å². The van der Waals surface area contributed by atoms with Crippen LogP contribution in [0.3, 0.4) is 0 Å². The zero-order chi connectivity index (χ0) is 14.4. The Morgan fingerprint density at radius 3 is 2.80 bits per heavy atom. The molecule has 2 N–H and O–H groups in total. The van der Waals surface area contributed by atoms with Gasteiger partial charge in [-0.1, -0.05) is 11.8 Å². The minimum absolute atomic E-state index is 0.435. The molecule has 0 aliphatic carbocycles. The minimum Gasteiger partial charge on any atom is -0.366 e. The van der Waals surface area contributed by atoms with Crippen LogP contribution in [0, 0.1) is 11.3 Å². The number of unbranched alkanes of at least 4 members (excludes halogenated alkanes) is 1. The van der Waals surface area contributed by atoms with Gasteiger partial charge in [-0.15, -0.1) is 5.10 Å². The van der Waals surface area contributed by atoms with Crippen molar-refractivity contribution < 1.29 is 4.79 Å². The molecule has 2 aromatic rings. The van der Waals surface area contributed by atoms with E-state index in [1.165, 1.54) is 11.8 Å². The molecule has 102 valence electrons. The van der Waals surface area contributed by atoms with E-state index >= 15 is 0 Å². The van der Waals surface area contributed by atoms with Crippen LogP contribution in [0.15, 0.2) is 29.4 Å². The molecule has 2 rings (SSSR count). The van der Waals surface area contributed by atoms with E-state index in [0.29, 0.717) is 17.1 Å². The van der Waals surface area contributed by atoms with E-state index in [-0.39, 0.29) is 0 Å². The maximum Gasteiger partial charge on any atom is 0.248 e. The van der Waals surface area contributed by atoms with Crippen LogP contribution in [0.4, 0.5) is 0 Å². The van der Waals surface area contributed by atoms with Crippen molar-refractivity contribution >= 4 is 17.7 Å². The van der Waals surface area contributed by atoms with E-state index in [1.807, 2.05) is 0 Å². The molecular weight excluding hydrogens is 276 g/mol. The maximum atomic E-state index is 11.0. The Labute approximate surface area is 119 Å². The number of amides is 1. The molecule has 0 aliphatic heterocycles. The normalized spacial score (nSPS) is 10.2. The van der Waals surface area contributed by atoms with E-state index in [9.17, 15) is 4.79 Å². The number of carbonyl (C=O) groups excluding carboxylic acids is 1. The summed E-state index contributed by atoms with van der Waals surface area (Å²) in [6.07, 6.45) is 1.30. The summed E-state index contributed by atoms with van der Waals surface area (Å²) in [4.78, 5) is 11.0. The third-order valence-corrected chi connectivity index (χ3v) is 3.51. The number of primary amides is 1. The van der Waals surface area contributed by atoms with Crippen LogP contribution < -0.4 is 5.73 Å². The van der Waals surface area contributed by atoms with E-state index in [4.69, 9.17) is 11.0 Å². The van der Waals surface area contributed by atoms with E-state index in [0.717, 1.165) is 17.9 Å². The molecule has 0 bridgehead atoms. The van der Waals surface area contributed by atoms with Gasteiger partial charge in [0.05, 0.1) is 11.8 Å². The largest absolute Gasteiger partial charge is 0.366 e. The molecule has 0 spiro atoms. The summed E-state index contributed by atoms with van der Waals surface area (Å²) in [7, 11) is 0. The SMILES string of the molecule is N#CCCCSc1nnnn1-c1ccc(C(N)=O)cc1. The smallest absolute Gasteiger partial charge is 0.248 e. The number of thioether (sulfide) groups is 1. The maximum absolute atomic E-state index is 11.0. The van der Waals surface area contributed by atoms with Gasteiger partial charge in [0.25, 0.3) is 0 Å². The first-order valence-corrected chi connectivity index (χ1v) is 6.89. The van der Waals surface area contributed by atoms with Gasteiger partial charge in [0, 0.05) is 17.7 Å². The van der Waals surface area contributed by atoms with Crippen molar-refractivity contribution in [1.29, 1.82) is 5.26 Å². The number of rotatable bonds is 6. The second-order valence-corrected chi connectivity index (χ2v) is 4.96. The highest BCUT2D eigenvalue weighted by atomic mass is 32.2. The van der Waals surface area contributed by atoms with Crippen LogP contribution in [0.25, 0.3) is 5.69 Å². The number of carbonyl (C=O) groups is 1. The Bertz CT molecular complexity index is 630. The molecule has 20 heavy (non-hydrogen) atoms. The van der Waals surface area contributed by atoms with Crippen molar-refractivity contribution in [3.05, 3.63) is 29.8 Å². The molecule has 1 heterocycles. The number of tetrazole rings is 1. The molecule has 0 aliphatic rings. The molecule has 0 atom stereocenters. The first-order valence-electron chi connectivity index (χ1n) is 5.90. The van der Waals surface area contributed by atoms with Crippen LogP contribution in [0.2, 0.25) is 0 Å². The van der Waals surface area contributed by atoms with Crippen molar-refractivity contribution in [3.8, 4) is 11.8 Å². The summed E-state index contributed by atoms with van der Waals surface area (Å²) in [6, 6.07) is 8.82. The van der Waals surface area contributed by atoms with Crippen molar-refractivity contribution in [3.63, 3.8) is 0 Å². The molecular formula is C12H12N6OS. The van der Waals surface area contributed by atoms with Crippen molar-refractivity contribution in [2.24, 2.45) is 5.73 Å². The zero-order valence-corrected chi connectivity index (χ0v) is 11.4. The van der Waals surface area contributed by atoms with Crippen molar-refractivity contribution in [2.75, 3.05) is 5.75 Å². The fraction of sp³-hybridized carbons (Fsp3) is 0.250. The molecule has 0 saturated carbocycles. The average molecular weight is 288 g/mol. The third-order valence-electron chi connectivity index (χ3n) is 2.50. The standard InChI is InChI=1S/C12H12N6OS/c13-7-1-2-8-20-12-15-16-17-18(12)10-5-3-9(4-6-10)11(14)19/h3-6H,1-2,8H2,(H2,14,19). The van der Waals surface area contributed by atoms with Gasteiger partial charge < -0.3 is 5.73 Å². The van der Waals surface area contributed by atoms with Gasteiger partial charge in [-0.25, -0.2) is 0 Å². The lowest BCUT2D eigenvalue weighted by Gasteiger charge is -2.04. The lowest BCUT2D eigenvalue weighted by atomic mass is 10.2. The van der Waals surface area contributed by atoms with Gasteiger partial charge in [0.15, 0.2) is 0 Å². The monoisotopic (exact) mass is 288 g/mol. The van der Waals surface area contributed by atoms with Crippen LogP contribution in [-0.4, -0.2) is 31.9 Å². The summed E-state index contributed by atoms with van der Waals surface area (Å²) in [6.45, 7) is 0. The predicted molar refractivity (Wildman–Crippen MR) is 73.2 cm³/mol. The number of nitrogens with zero attached hydrogens (tertiary/aromatic N) is 5. The Morgan fingerprint density at radius 1 is 1.40 bits per heavy atom. The van der Waals surface area contributed by atoms with Gasteiger partial charge in [-0.3, -0.25) is 4.79 Å². The second-order valence-electron chi connectivity index (χ2n) is 3.89. The second kappa shape index (κ2) is 6.68. The fourth-order valence-electron chi connectivity index (χ4n) is 1.51. The van der Waals surface area contributed by atoms with Gasteiger partial charge >= 0.3 is 0 Å². The van der Waals surface area contributed by atoms with Crippen LogP contribution in [0.1, 0.15) is 23.2 Å². The highest BCUT2D eigenvalue weighted by Crippen LogP contribution is 2.19. The molecule has 1 amide bonds. The molecule has 0 unspecified atom stereocenters. The van der Waals surface area contributed by atoms with Gasteiger partial charge in [-0.2, -0.15) is 9.94 Å². The zero-order valence-electron chi connectivity index (χ0n) is 10.6. The van der Waals surface area contributed by atoms with Crippen molar-refractivity contribution in [1.82, 2.24) is 20.2 Å². The first kappa shape index (κ1) is 14.0. The number of benzene rings is 1. The number of hydrogen-bond donors (Lipinski definition) is 1. The molecule has 1 aromatic carbocycles. The fourth-order valence-corrected chi connectivity index (χ4v) is 2.34. The molecule has 1 aromatic heterocycles. The summed E-state index contributed by atoms with van der Waals surface area (Å²) in [5.74, 6) is 0.298. The minimum atomic E-state index is -0.473. The molecule has 0 saturated heterocycles. The Kier molecular flexibility index (Phi) is 4.68. The third kappa shape index (κ3) is 3.33. The van der Waals surface area contributed by atoms with Crippen molar-refractivity contribution in [2.45, 2.75) is 18.0 Å². The molecule has 8 heteroatoms. The van der Waals surface area contributed by atoms with E-state index < -0.39 is 5.91 Å². The highest BCUT2D eigenvalue weighted by Gasteiger charge is 2.09. The summed E-state index contributed by atoms with van der Waals surface area (Å²) >= 11 is 1.48. The number of nitrogens with two attached hydrogens (primary N) is 1. The lowest BCUT2D eigenvalue weighted by molar-refractivity contribution is 0.100. The Hall–Kier alpha value is -2.40. The van der Waals surface area contributed by atoms with E-state index in [2.05, 4.69) is 21.6 Å². The van der Waals surface area contributed by atoms with Gasteiger partial charge in [-0.05, 0) is 41.1 Å². The number of nitriles is 1. The molecule has 0 fully saturated rings. The summed E-state index contributed by atoms with van der Waals surface area (Å²) in [5, 5.41) is 20.6. The Balaban J connectivity index is 2.11. The number of hydrogen-bond acceptors (Lipinski definition) is 6. The van der Waals surface area contributed by atoms with Crippen LogP contribution in [0.5, 0.6) is 0 Å². The topological polar surface area (TPSA) is 110 Å². The van der Waals surface area contributed by atoms with Crippen LogP contribution >= 0.6 is 11.8 Å². The Morgan fingerprint density at radius 2 is 2.15 bits per heavy atom. The molecule has 7 nitrogen and oxygen atoms in total. The van der Waals surface area contributed by atoms with Gasteiger partial charge in [0.2, 0.25) is 11.1 Å². The first-order chi connectivity index (χ1) is 9.72. The lowest BCUT2D eigenvalue weighted by Crippen LogP contribution is -2.10.